The van der Waals surface area contributed by atoms with Crippen molar-refractivity contribution in [3.63, 3.8) is 0 Å². The molecule has 2 N–H and O–H groups in total. The van der Waals surface area contributed by atoms with E-state index in [9.17, 15) is 5.11 Å². The van der Waals surface area contributed by atoms with Gasteiger partial charge in [-0.3, -0.25) is 10.3 Å². The van der Waals surface area contributed by atoms with Crippen molar-refractivity contribution in [2.75, 3.05) is 13.7 Å². The number of ether oxygens (including phenoxy) is 2. The van der Waals surface area contributed by atoms with Crippen LogP contribution in [0.2, 0.25) is 0 Å². The maximum atomic E-state index is 10.9. The average molecular weight is 560 g/mol. The lowest BCUT2D eigenvalue weighted by Gasteiger charge is -2.32. The normalized spacial score (nSPS) is 18.2. The molecule has 166 valence electrons. The minimum Gasteiger partial charge on any atom is -0.504 e. The Kier molecular flexibility index (Phi) is 7.18. The zero-order valence-corrected chi connectivity index (χ0v) is 21.0. The number of aromatic hydroxyl groups is 1. The van der Waals surface area contributed by atoms with Gasteiger partial charge in [0.25, 0.3) is 0 Å². The smallest absolute Gasteiger partial charge is 0.162 e. The van der Waals surface area contributed by atoms with Crippen LogP contribution < -0.4 is 14.8 Å². The first kappa shape index (κ1) is 22.8. The molecular weight excluding hydrogens is 536 g/mol. The number of para-hydroxylation sites is 1. The number of hydrogen-bond acceptors (Lipinski definition) is 5. The molecule has 0 aromatic heterocycles. The van der Waals surface area contributed by atoms with Gasteiger partial charge in [-0.2, -0.15) is 0 Å². The second-order valence-corrected chi connectivity index (χ2v) is 9.26. The summed E-state index contributed by atoms with van der Waals surface area (Å²) in [6.45, 7) is 2.39. The molecule has 1 aliphatic rings. The van der Waals surface area contributed by atoms with E-state index < -0.39 is 0 Å². The molecule has 0 spiro atoms. The largest absolute Gasteiger partial charge is 0.504 e. The molecule has 0 fully saturated rings. The van der Waals surface area contributed by atoms with E-state index in [4.69, 9.17) is 14.5 Å². The minimum atomic E-state index is -0.356. The molecule has 0 bridgehead atoms. The number of rotatable bonds is 6. The summed E-state index contributed by atoms with van der Waals surface area (Å²) in [4.78, 5) is 5.05. The molecule has 0 amide bonds. The summed E-state index contributed by atoms with van der Waals surface area (Å²) in [6.07, 6.45) is 0.261. The number of methoxy groups -OCH3 is 1. The fourth-order valence-electron chi connectivity index (χ4n) is 3.92. The molecule has 5 nitrogen and oxygen atoms in total. The van der Waals surface area contributed by atoms with Crippen LogP contribution in [0.1, 0.15) is 42.2 Å². The van der Waals surface area contributed by atoms with E-state index in [1.807, 2.05) is 49.4 Å². The molecule has 1 heterocycles. The number of hydrogen-bond donors (Lipinski definition) is 2. The third-order valence-corrected chi connectivity index (χ3v) is 6.38. The van der Waals surface area contributed by atoms with E-state index in [2.05, 4.69) is 49.3 Å². The number of nitrogens with zero attached hydrogens (tertiary/aromatic N) is 1. The topological polar surface area (TPSA) is 63.1 Å². The lowest BCUT2D eigenvalue weighted by atomic mass is 9.93. The summed E-state index contributed by atoms with van der Waals surface area (Å²) in [5, 5.41) is 14.5. The van der Waals surface area contributed by atoms with E-state index in [1.165, 1.54) is 0 Å². The van der Waals surface area contributed by atoms with Crippen molar-refractivity contribution in [3.8, 4) is 17.2 Å². The monoisotopic (exact) mass is 558 g/mol. The Hall–Kier alpha value is -2.35. The van der Waals surface area contributed by atoms with Crippen molar-refractivity contribution in [1.82, 2.24) is 5.32 Å². The van der Waals surface area contributed by atoms with Gasteiger partial charge in [0.15, 0.2) is 11.5 Å². The van der Waals surface area contributed by atoms with Gasteiger partial charge < -0.3 is 14.6 Å². The van der Waals surface area contributed by atoms with Crippen LogP contribution in [0.4, 0.5) is 0 Å². The zero-order chi connectivity index (χ0) is 22.7. The van der Waals surface area contributed by atoms with E-state index in [1.54, 1.807) is 13.2 Å². The van der Waals surface area contributed by atoms with Crippen LogP contribution in [-0.4, -0.2) is 24.5 Å². The zero-order valence-electron chi connectivity index (χ0n) is 17.8. The van der Waals surface area contributed by atoms with Crippen molar-refractivity contribution in [2.45, 2.75) is 25.6 Å². The van der Waals surface area contributed by atoms with Crippen molar-refractivity contribution < 1.29 is 14.6 Å². The first-order chi connectivity index (χ1) is 15.5. The van der Waals surface area contributed by atoms with Gasteiger partial charge in [0.1, 0.15) is 11.9 Å². The van der Waals surface area contributed by atoms with Crippen molar-refractivity contribution in [3.05, 3.63) is 86.3 Å². The Morgan fingerprint density at radius 1 is 1.00 bits per heavy atom. The summed E-state index contributed by atoms with van der Waals surface area (Å²) in [6, 6.07) is 19.4. The predicted octanol–water partition coefficient (Wildman–Crippen LogP) is 6.55. The van der Waals surface area contributed by atoms with Gasteiger partial charge in [-0.25, -0.2) is 0 Å². The maximum Gasteiger partial charge on any atom is 0.162 e. The quantitative estimate of drug-likeness (QED) is 0.359. The van der Waals surface area contributed by atoms with E-state index in [0.717, 1.165) is 37.1 Å². The highest BCUT2D eigenvalue weighted by atomic mass is 79.9. The summed E-state index contributed by atoms with van der Waals surface area (Å²) in [5.74, 6) is 1.38. The Balaban J connectivity index is 1.81. The van der Waals surface area contributed by atoms with Gasteiger partial charge in [-0.15, -0.1) is 0 Å². The van der Waals surface area contributed by atoms with Crippen molar-refractivity contribution in [1.29, 1.82) is 0 Å². The third kappa shape index (κ3) is 4.85. The molecule has 4 rings (SSSR count). The number of phenolic OH excluding ortho intramolecular Hbond substituents is 1. The molecule has 0 aliphatic carbocycles. The van der Waals surface area contributed by atoms with Gasteiger partial charge in [0, 0.05) is 38.2 Å². The number of halogens is 2. The van der Waals surface area contributed by atoms with Gasteiger partial charge in [0.2, 0.25) is 0 Å². The average Bonchev–Trinajstić information content (AvgIpc) is 2.80. The highest BCUT2D eigenvalue weighted by Crippen LogP contribution is 2.40. The lowest BCUT2D eigenvalue weighted by molar-refractivity contribution is 0.313. The predicted molar refractivity (Wildman–Crippen MR) is 134 cm³/mol. The standard InChI is InChI=1S/C25H24Br2N2O3/c1-3-32-23-9-5-8-18(24(23)30)21-14-20(15-6-4-7-16(26)12-15)28-25(29-21)19-13-17(27)10-11-22(19)31-2/h4-13,21,25,29-30H,3,14H2,1-2H3. The summed E-state index contributed by atoms with van der Waals surface area (Å²) < 4.78 is 13.2. The molecule has 7 heteroatoms. The van der Waals surface area contributed by atoms with E-state index >= 15 is 0 Å². The first-order valence-electron chi connectivity index (χ1n) is 10.4. The molecule has 2 unspecified atom stereocenters. The van der Waals surface area contributed by atoms with Crippen molar-refractivity contribution >= 4 is 37.6 Å². The first-order valence-corrected chi connectivity index (χ1v) is 12.0. The lowest BCUT2D eigenvalue weighted by Crippen LogP contribution is -2.33. The minimum absolute atomic E-state index is 0.155. The molecule has 3 aromatic rings. The second kappa shape index (κ2) is 10.1. The summed E-state index contributed by atoms with van der Waals surface area (Å²) in [5.41, 5.74) is 3.67. The maximum absolute atomic E-state index is 10.9. The number of aliphatic imine (C=N–C) groups is 1. The van der Waals surface area contributed by atoms with Crippen LogP contribution in [0.5, 0.6) is 17.2 Å². The Labute approximate surface area is 204 Å². The van der Waals surface area contributed by atoms with Crippen LogP contribution in [0.15, 0.2) is 74.6 Å². The fourth-order valence-corrected chi connectivity index (χ4v) is 4.70. The number of benzene rings is 3. The molecule has 2 atom stereocenters. The highest BCUT2D eigenvalue weighted by Gasteiger charge is 2.30. The van der Waals surface area contributed by atoms with Crippen LogP contribution >= 0.6 is 31.9 Å². The summed E-state index contributed by atoms with van der Waals surface area (Å²) in [7, 11) is 1.66. The highest BCUT2D eigenvalue weighted by molar-refractivity contribution is 9.10. The fraction of sp³-hybridized carbons (Fsp3) is 0.240. The molecular formula is C25H24Br2N2O3. The van der Waals surface area contributed by atoms with E-state index in [-0.39, 0.29) is 18.0 Å². The summed E-state index contributed by atoms with van der Waals surface area (Å²) >= 11 is 7.13. The number of phenols is 1. The molecule has 1 aliphatic heterocycles. The van der Waals surface area contributed by atoms with Gasteiger partial charge in [0.05, 0.1) is 13.7 Å². The number of nitrogens with one attached hydrogen (secondary N) is 1. The molecule has 3 aromatic carbocycles. The van der Waals surface area contributed by atoms with Crippen LogP contribution in [0, 0.1) is 0 Å². The van der Waals surface area contributed by atoms with Crippen LogP contribution in [-0.2, 0) is 0 Å². The van der Waals surface area contributed by atoms with Crippen molar-refractivity contribution in [2.24, 2.45) is 4.99 Å². The van der Waals surface area contributed by atoms with Crippen LogP contribution in [0.3, 0.4) is 0 Å². The molecule has 0 radical (unpaired) electrons. The van der Waals surface area contributed by atoms with Gasteiger partial charge in [-0.1, -0.05) is 56.1 Å². The van der Waals surface area contributed by atoms with Crippen LogP contribution in [0.25, 0.3) is 0 Å². The third-order valence-electron chi connectivity index (χ3n) is 5.39. The Bertz CT molecular complexity index is 1150. The second-order valence-electron chi connectivity index (χ2n) is 7.43. The van der Waals surface area contributed by atoms with E-state index in [0.29, 0.717) is 18.8 Å². The molecule has 0 saturated carbocycles. The van der Waals surface area contributed by atoms with Gasteiger partial charge >= 0.3 is 0 Å². The van der Waals surface area contributed by atoms with Gasteiger partial charge in [-0.05, 0) is 48.9 Å². The molecule has 0 saturated heterocycles. The SMILES string of the molecule is CCOc1cccc(C2CC(c3cccc(Br)c3)=NC(c3cc(Br)ccc3OC)N2)c1O. The Morgan fingerprint density at radius 3 is 2.53 bits per heavy atom. The molecule has 32 heavy (non-hydrogen) atoms. The Morgan fingerprint density at radius 2 is 1.78 bits per heavy atom.